The van der Waals surface area contributed by atoms with Gasteiger partial charge >= 0.3 is 0 Å². The molecule has 1 aromatic rings. The average Bonchev–Trinajstić information content (AvgIpc) is 2.92. The molecule has 0 radical (unpaired) electrons. The molecule has 1 aliphatic heterocycles. The largest absolute Gasteiger partial charge is 0.373 e. The van der Waals surface area contributed by atoms with Gasteiger partial charge in [-0.2, -0.15) is 0 Å². The van der Waals surface area contributed by atoms with Crippen molar-refractivity contribution >= 4 is 17.5 Å². The Kier molecular flexibility index (Phi) is 4.83. The SMILES string of the molecule is CCN(CC)C(=O)C(C)NC(=O)C1Cc2ccccc2N1. The number of nitrogens with one attached hydrogen (secondary N) is 2. The Morgan fingerprint density at radius 1 is 1.33 bits per heavy atom. The number of para-hydroxylation sites is 1. The van der Waals surface area contributed by atoms with Crippen molar-refractivity contribution in [3.05, 3.63) is 29.8 Å². The molecule has 0 bridgehead atoms. The molecule has 0 aromatic heterocycles. The Morgan fingerprint density at radius 2 is 2.00 bits per heavy atom. The Bertz CT molecular complexity index is 501. The van der Waals surface area contributed by atoms with Crippen LogP contribution in [-0.2, 0) is 16.0 Å². The Morgan fingerprint density at radius 3 is 2.62 bits per heavy atom. The fourth-order valence-electron chi connectivity index (χ4n) is 2.64. The molecule has 21 heavy (non-hydrogen) atoms. The van der Waals surface area contributed by atoms with Crippen LogP contribution in [0, 0.1) is 0 Å². The number of benzene rings is 1. The maximum Gasteiger partial charge on any atom is 0.244 e. The van der Waals surface area contributed by atoms with Crippen LogP contribution in [0.1, 0.15) is 26.3 Å². The maximum absolute atomic E-state index is 12.3. The first kappa shape index (κ1) is 15.4. The van der Waals surface area contributed by atoms with Gasteiger partial charge in [0.05, 0.1) is 0 Å². The topological polar surface area (TPSA) is 61.4 Å². The van der Waals surface area contributed by atoms with E-state index in [0.717, 1.165) is 11.3 Å². The Hall–Kier alpha value is -2.04. The molecule has 2 unspecified atom stereocenters. The monoisotopic (exact) mass is 289 g/mol. The van der Waals surface area contributed by atoms with E-state index < -0.39 is 6.04 Å². The van der Waals surface area contributed by atoms with Gasteiger partial charge in [0.2, 0.25) is 11.8 Å². The number of carbonyl (C=O) groups is 2. The van der Waals surface area contributed by atoms with E-state index in [2.05, 4.69) is 10.6 Å². The Balaban J connectivity index is 1.93. The van der Waals surface area contributed by atoms with Crippen molar-refractivity contribution in [2.24, 2.45) is 0 Å². The molecule has 5 nitrogen and oxygen atoms in total. The van der Waals surface area contributed by atoms with Crippen molar-refractivity contribution < 1.29 is 9.59 Å². The second kappa shape index (κ2) is 6.61. The standard InChI is InChI=1S/C16H23N3O2/c1-4-19(5-2)16(21)11(3)17-15(20)14-10-12-8-6-7-9-13(12)18-14/h6-9,11,14,18H,4-5,10H2,1-3H3,(H,17,20). The normalized spacial score (nSPS) is 17.6. The lowest BCUT2D eigenvalue weighted by Gasteiger charge is -2.24. The molecule has 0 saturated heterocycles. The summed E-state index contributed by atoms with van der Waals surface area (Å²) < 4.78 is 0. The van der Waals surface area contributed by atoms with Gasteiger partial charge in [0.1, 0.15) is 12.1 Å². The van der Waals surface area contributed by atoms with Crippen molar-refractivity contribution in [2.45, 2.75) is 39.3 Å². The molecule has 114 valence electrons. The van der Waals surface area contributed by atoms with Crippen LogP contribution in [0.3, 0.4) is 0 Å². The molecule has 1 heterocycles. The molecule has 2 rings (SSSR count). The molecule has 2 N–H and O–H groups in total. The number of carbonyl (C=O) groups excluding carboxylic acids is 2. The van der Waals surface area contributed by atoms with Crippen LogP contribution in [0.2, 0.25) is 0 Å². The van der Waals surface area contributed by atoms with Gasteiger partial charge in [-0.3, -0.25) is 9.59 Å². The summed E-state index contributed by atoms with van der Waals surface area (Å²) >= 11 is 0. The fraction of sp³-hybridized carbons (Fsp3) is 0.500. The van der Waals surface area contributed by atoms with E-state index in [1.165, 1.54) is 0 Å². The summed E-state index contributed by atoms with van der Waals surface area (Å²) in [5, 5.41) is 6.01. The molecular formula is C16H23N3O2. The number of likely N-dealkylation sites (N-methyl/N-ethyl adjacent to an activating group) is 1. The van der Waals surface area contributed by atoms with Crippen LogP contribution in [0.5, 0.6) is 0 Å². The van der Waals surface area contributed by atoms with Crippen LogP contribution in [0.4, 0.5) is 5.69 Å². The number of rotatable bonds is 5. The van der Waals surface area contributed by atoms with E-state index in [0.29, 0.717) is 19.5 Å². The van der Waals surface area contributed by atoms with Gasteiger partial charge in [0.25, 0.3) is 0 Å². The van der Waals surface area contributed by atoms with Crippen molar-refractivity contribution in [3.8, 4) is 0 Å². The summed E-state index contributed by atoms with van der Waals surface area (Å²) in [6, 6.07) is 7.09. The highest BCUT2D eigenvalue weighted by Gasteiger charge is 2.29. The zero-order valence-electron chi connectivity index (χ0n) is 12.8. The van der Waals surface area contributed by atoms with E-state index >= 15 is 0 Å². The lowest BCUT2D eigenvalue weighted by Crippen LogP contribution is -2.50. The summed E-state index contributed by atoms with van der Waals surface area (Å²) in [6.45, 7) is 6.92. The molecule has 1 aromatic carbocycles. The number of nitrogens with zero attached hydrogens (tertiary/aromatic N) is 1. The third-order valence-electron chi connectivity index (χ3n) is 3.89. The van der Waals surface area contributed by atoms with Gasteiger partial charge < -0.3 is 15.5 Å². The summed E-state index contributed by atoms with van der Waals surface area (Å²) in [5.74, 6) is -0.164. The van der Waals surface area contributed by atoms with Crippen molar-refractivity contribution in [3.63, 3.8) is 0 Å². The third-order valence-corrected chi connectivity index (χ3v) is 3.89. The molecule has 1 aliphatic rings. The number of fused-ring (bicyclic) bond motifs is 1. The first-order chi connectivity index (χ1) is 10.1. The van der Waals surface area contributed by atoms with E-state index in [-0.39, 0.29) is 17.9 Å². The van der Waals surface area contributed by atoms with Gasteiger partial charge in [-0.1, -0.05) is 18.2 Å². The predicted octanol–water partition coefficient (Wildman–Crippen LogP) is 1.40. The summed E-state index contributed by atoms with van der Waals surface area (Å²) in [5.41, 5.74) is 2.14. The second-order valence-electron chi connectivity index (χ2n) is 5.30. The van der Waals surface area contributed by atoms with Crippen molar-refractivity contribution in [2.75, 3.05) is 18.4 Å². The first-order valence-electron chi connectivity index (χ1n) is 7.50. The van der Waals surface area contributed by atoms with Crippen LogP contribution in [-0.4, -0.2) is 41.9 Å². The average molecular weight is 289 g/mol. The molecule has 0 aliphatic carbocycles. The lowest BCUT2D eigenvalue weighted by atomic mass is 10.1. The third kappa shape index (κ3) is 3.35. The van der Waals surface area contributed by atoms with Crippen LogP contribution in [0.25, 0.3) is 0 Å². The predicted molar refractivity (Wildman–Crippen MR) is 83.1 cm³/mol. The highest BCUT2D eigenvalue weighted by Crippen LogP contribution is 2.25. The van der Waals surface area contributed by atoms with Crippen molar-refractivity contribution in [1.29, 1.82) is 0 Å². The molecule has 5 heteroatoms. The van der Waals surface area contributed by atoms with Crippen LogP contribution in [0.15, 0.2) is 24.3 Å². The fourth-order valence-corrected chi connectivity index (χ4v) is 2.64. The maximum atomic E-state index is 12.3. The molecule has 0 saturated carbocycles. The van der Waals surface area contributed by atoms with Gasteiger partial charge in [-0.15, -0.1) is 0 Å². The van der Waals surface area contributed by atoms with E-state index in [1.54, 1.807) is 11.8 Å². The van der Waals surface area contributed by atoms with E-state index in [9.17, 15) is 9.59 Å². The minimum absolute atomic E-state index is 0.0381. The van der Waals surface area contributed by atoms with Gasteiger partial charge in [0.15, 0.2) is 0 Å². The number of hydrogen-bond acceptors (Lipinski definition) is 3. The van der Waals surface area contributed by atoms with Crippen LogP contribution < -0.4 is 10.6 Å². The summed E-state index contributed by atoms with van der Waals surface area (Å²) in [7, 11) is 0. The summed E-state index contributed by atoms with van der Waals surface area (Å²) in [4.78, 5) is 26.2. The molecular weight excluding hydrogens is 266 g/mol. The lowest BCUT2D eigenvalue weighted by molar-refractivity contribution is -0.135. The first-order valence-corrected chi connectivity index (χ1v) is 7.50. The van der Waals surface area contributed by atoms with E-state index in [1.807, 2.05) is 38.1 Å². The van der Waals surface area contributed by atoms with Gasteiger partial charge in [-0.05, 0) is 32.4 Å². The minimum Gasteiger partial charge on any atom is -0.373 e. The second-order valence-corrected chi connectivity index (χ2v) is 5.30. The van der Waals surface area contributed by atoms with Gasteiger partial charge in [-0.25, -0.2) is 0 Å². The van der Waals surface area contributed by atoms with E-state index in [4.69, 9.17) is 0 Å². The smallest absolute Gasteiger partial charge is 0.244 e. The van der Waals surface area contributed by atoms with Crippen molar-refractivity contribution in [1.82, 2.24) is 10.2 Å². The zero-order chi connectivity index (χ0) is 15.4. The number of hydrogen-bond donors (Lipinski definition) is 2. The Labute approximate surface area is 125 Å². The summed E-state index contributed by atoms with van der Waals surface area (Å²) in [6.07, 6.45) is 0.661. The zero-order valence-corrected chi connectivity index (χ0v) is 12.8. The highest BCUT2D eigenvalue weighted by atomic mass is 16.2. The molecule has 2 amide bonds. The molecule has 0 spiro atoms. The minimum atomic E-state index is -0.497. The van der Waals surface area contributed by atoms with Gasteiger partial charge in [0, 0.05) is 25.2 Å². The number of anilines is 1. The molecule has 2 atom stereocenters. The quantitative estimate of drug-likeness (QED) is 0.861. The molecule has 0 fully saturated rings. The van der Waals surface area contributed by atoms with Crippen LogP contribution >= 0.6 is 0 Å². The highest BCUT2D eigenvalue weighted by molar-refractivity contribution is 5.92. The number of amides is 2.